The quantitative estimate of drug-likeness (QED) is 0.817. The summed E-state index contributed by atoms with van der Waals surface area (Å²) in [7, 11) is 0. The van der Waals surface area contributed by atoms with Crippen LogP contribution in [0.15, 0.2) is 42.6 Å². The van der Waals surface area contributed by atoms with Gasteiger partial charge in [-0.25, -0.2) is 9.78 Å². The Morgan fingerprint density at radius 2 is 2.05 bits per heavy atom. The minimum atomic E-state index is -0.435. The van der Waals surface area contributed by atoms with Gasteiger partial charge in [-0.1, -0.05) is 30.3 Å². The molecular formula is C15H17N3O2. The lowest BCUT2D eigenvalue weighted by atomic mass is 10.2. The van der Waals surface area contributed by atoms with E-state index < -0.39 is 5.97 Å². The summed E-state index contributed by atoms with van der Waals surface area (Å²) in [6.07, 6.45) is 1.54. The first-order valence-electron chi connectivity index (χ1n) is 6.41. The van der Waals surface area contributed by atoms with Gasteiger partial charge in [-0.15, -0.1) is 0 Å². The molecule has 0 aliphatic carbocycles. The van der Waals surface area contributed by atoms with E-state index in [-0.39, 0.29) is 0 Å². The second-order valence-electron chi connectivity index (χ2n) is 4.18. The Morgan fingerprint density at radius 1 is 1.30 bits per heavy atom. The SMILES string of the molecule is CCOC(=O)c1ccnc(NCc2ccccc2)c1N. The third kappa shape index (κ3) is 3.26. The Morgan fingerprint density at radius 3 is 2.75 bits per heavy atom. The molecule has 0 saturated heterocycles. The fourth-order valence-electron chi connectivity index (χ4n) is 1.78. The van der Waals surface area contributed by atoms with Crippen molar-refractivity contribution in [3.05, 3.63) is 53.7 Å². The van der Waals surface area contributed by atoms with Crippen molar-refractivity contribution in [3.63, 3.8) is 0 Å². The van der Waals surface area contributed by atoms with Crippen LogP contribution in [0, 0.1) is 0 Å². The molecule has 20 heavy (non-hydrogen) atoms. The number of benzene rings is 1. The van der Waals surface area contributed by atoms with E-state index in [0.717, 1.165) is 5.56 Å². The number of aromatic nitrogens is 1. The van der Waals surface area contributed by atoms with Crippen molar-refractivity contribution in [2.45, 2.75) is 13.5 Å². The number of pyridine rings is 1. The Balaban J connectivity index is 2.12. The largest absolute Gasteiger partial charge is 0.462 e. The molecule has 0 saturated carbocycles. The van der Waals surface area contributed by atoms with Crippen LogP contribution in [-0.2, 0) is 11.3 Å². The molecule has 104 valence electrons. The second-order valence-corrected chi connectivity index (χ2v) is 4.18. The highest BCUT2D eigenvalue weighted by Gasteiger charge is 2.14. The van der Waals surface area contributed by atoms with Gasteiger partial charge in [-0.3, -0.25) is 0 Å². The molecule has 2 aromatic rings. The van der Waals surface area contributed by atoms with E-state index in [1.807, 2.05) is 30.3 Å². The number of nitrogens with two attached hydrogens (primary N) is 1. The van der Waals surface area contributed by atoms with E-state index in [1.54, 1.807) is 13.0 Å². The summed E-state index contributed by atoms with van der Waals surface area (Å²) in [5, 5.41) is 3.12. The molecule has 0 radical (unpaired) electrons. The number of nitrogen functional groups attached to an aromatic ring is 1. The molecule has 0 unspecified atom stereocenters. The highest BCUT2D eigenvalue weighted by atomic mass is 16.5. The zero-order valence-corrected chi connectivity index (χ0v) is 11.3. The number of ether oxygens (including phenoxy) is 1. The molecule has 0 aliphatic rings. The summed E-state index contributed by atoms with van der Waals surface area (Å²) in [6.45, 7) is 2.65. The van der Waals surface area contributed by atoms with Crippen LogP contribution in [0.25, 0.3) is 0 Å². The van der Waals surface area contributed by atoms with Gasteiger partial charge in [0.15, 0.2) is 0 Å². The molecule has 5 heteroatoms. The fourth-order valence-corrected chi connectivity index (χ4v) is 1.78. The summed E-state index contributed by atoms with van der Waals surface area (Å²) in [5.74, 6) is 0.0505. The van der Waals surface area contributed by atoms with E-state index in [0.29, 0.717) is 30.2 Å². The maximum atomic E-state index is 11.7. The summed E-state index contributed by atoms with van der Waals surface area (Å²) in [6, 6.07) is 11.4. The van der Waals surface area contributed by atoms with Crippen molar-refractivity contribution >= 4 is 17.5 Å². The Hall–Kier alpha value is -2.56. The lowest BCUT2D eigenvalue weighted by molar-refractivity contribution is 0.0527. The molecule has 1 heterocycles. The average Bonchev–Trinajstić information content (AvgIpc) is 2.47. The fraction of sp³-hybridized carbons (Fsp3) is 0.200. The highest BCUT2D eigenvalue weighted by Crippen LogP contribution is 2.21. The molecular weight excluding hydrogens is 254 g/mol. The van der Waals surface area contributed by atoms with E-state index in [1.165, 1.54) is 6.20 Å². The van der Waals surface area contributed by atoms with Gasteiger partial charge >= 0.3 is 5.97 Å². The second kappa shape index (κ2) is 6.56. The molecule has 0 amide bonds. The molecule has 1 aromatic heterocycles. The first-order chi connectivity index (χ1) is 9.72. The van der Waals surface area contributed by atoms with Gasteiger partial charge in [-0.05, 0) is 18.6 Å². The monoisotopic (exact) mass is 271 g/mol. The van der Waals surface area contributed by atoms with Crippen LogP contribution in [0.1, 0.15) is 22.8 Å². The van der Waals surface area contributed by atoms with Gasteiger partial charge < -0.3 is 15.8 Å². The zero-order chi connectivity index (χ0) is 14.4. The van der Waals surface area contributed by atoms with Crippen LogP contribution in [0.5, 0.6) is 0 Å². The molecule has 0 bridgehead atoms. The van der Waals surface area contributed by atoms with Crippen molar-refractivity contribution < 1.29 is 9.53 Å². The number of carbonyl (C=O) groups is 1. The van der Waals surface area contributed by atoms with Crippen molar-refractivity contribution in [3.8, 4) is 0 Å². The van der Waals surface area contributed by atoms with Crippen LogP contribution in [-0.4, -0.2) is 17.6 Å². The summed E-state index contributed by atoms with van der Waals surface area (Å²) in [4.78, 5) is 15.9. The molecule has 0 atom stereocenters. The maximum absolute atomic E-state index is 11.7. The van der Waals surface area contributed by atoms with Crippen LogP contribution < -0.4 is 11.1 Å². The first-order valence-corrected chi connectivity index (χ1v) is 6.41. The maximum Gasteiger partial charge on any atom is 0.340 e. The number of rotatable bonds is 5. The molecule has 1 aromatic carbocycles. The summed E-state index contributed by atoms with van der Waals surface area (Å²) < 4.78 is 4.95. The van der Waals surface area contributed by atoms with Gasteiger partial charge in [0.25, 0.3) is 0 Å². The van der Waals surface area contributed by atoms with Crippen molar-refractivity contribution in [1.29, 1.82) is 0 Å². The van der Waals surface area contributed by atoms with Gasteiger partial charge in [0, 0.05) is 12.7 Å². The third-order valence-electron chi connectivity index (χ3n) is 2.79. The molecule has 0 spiro atoms. The number of nitrogens with one attached hydrogen (secondary N) is 1. The average molecular weight is 271 g/mol. The number of hydrogen-bond donors (Lipinski definition) is 2. The Bertz CT molecular complexity index is 585. The van der Waals surface area contributed by atoms with Gasteiger partial charge in [0.2, 0.25) is 0 Å². The van der Waals surface area contributed by atoms with Gasteiger partial charge in [0.05, 0.1) is 17.9 Å². The lowest BCUT2D eigenvalue weighted by Crippen LogP contribution is -2.11. The van der Waals surface area contributed by atoms with E-state index in [9.17, 15) is 4.79 Å². The molecule has 2 rings (SSSR count). The van der Waals surface area contributed by atoms with Crippen molar-refractivity contribution in [1.82, 2.24) is 4.98 Å². The van der Waals surface area contributed by atoms with Crippen LogP contribution in [0.4, 0.5) is 11.5 Å². The van der Waals surface area contributed by atoms with E-state index in [2.05, 4.69) is 10.3 Å². The van der Waals surface area contributed by atoms with E-state index in [4.69, 9.17) is 10.5 Å². The van der Waals surface area contributed by atoms with Gasteiger partial charge in [0.1, 0.15) is 5.82 Å². The highest BCUT2D eigenvalue weighted by molar-refractivity contribution is 5.97. The number of hydrogen-bond acceptors (Lipinski definition) is 5. The predicted octanol–water partition coefficient (Wildman–Crippen LogP) is 2.45. The normalized spacial score (nSPS) is 10.1. The van der Waals surface area contributed by atoms with Crippen molar-refractivity contribution in [2.24, 2.45) is 0 Å². The molecule has 5 nitrogen and oxygen atoms in total. The first kappa shape index (κ1) is 13.9. The zero-order valence-electron chi connectivity index (χ0n) is 11.3. The third-order valence-corrected chi connectivity index (χ3v) is 2.79. The number of esters is 1. The van der Waals surface area contributed by atoms with Crippen molar-refractivity contribution in [2.75, 3.05) is 17.7 Å². The number of nitrogens with zero attached hydrogens (tertiary/aromatic N) is 1. The Kier molecular flexibility index (Phi) is 4.55. The minimum Gasteiger partial charge on any atom is -0.462 e. The standard InChI is InChI=1S/C15H17N3O2/c1-2-20-15(19)12-8-9-17-14(13(12)16)18-10-11-6-4-3-5-7-11/h3-9H,2,10,16H2,1H3,(H,17,18). The molecule has 0 fully saturated rings. The van der Waals surface area contributed by atoms with Crippen LogP contribution in [0.3, 0.4) is 0 Å². The van der Waals surface area contributed by atoms with Gasteiger partial charge in [-0.2, -0.15) is 0 Å². The molecule has 3 N–H and O–H groups in total. The Labute approximate surface area is 117 Å². The van der Waals surface area contributed by atoms with E-state index >= 15 is 0 Å². The summed E-state index contributed by atoms with van der Waals surface area (Å²) >= 11 is 0. The number of anilines is 2. The summed E-state index contributed by atoms with van der Waals surface area (Å²) in [5.41, 5.74) is 7.70. The minimum absolute atomic E-state index is 0.307. The van der Waals surface area contributed by atoms with Crippen LogP contribution >= 0.6 is 0 Å². The lowest BCUT2D eigenvalue weighted by Gasteiger charge is -2.11. The topological polar surface area (TPSA) is 77.2 Å². The molecule has 0 aliphatic heterocycles. The predicted molar refractivity (Wildman–Crippen MR) is 78.4 cm³/mol. The smallest absolute Gasteiger partial charge is 0.340 e. The number of carbonyl (C=O) groups excluding carboxylic acids is 1. The van der Waals surface area contributed by atoms with Crippen LogP contribution in [0.2, 0.25) is 0 Å².